The molecule has 232 valence electrons. The molecule has 2 fully saturated rings. The Labute approximate surface area is 266 Å². The number of hydrogen-bond donors (Lipinski definition) is 0. The number of halogens is 4. The average molecular weight is 655 g/mol. The molecule has 45 heavy (non-hydrogen) atoms. The minimum Gasteiger partial charge on any atom is -0.370 e. The Balaban J connectivity index is 1.41. The van der Waals surface area contributed by atoms with E-state index in [4.69, 9.17) is 27.9 Å². The van der Waals surface area contributed by atoms with E-state index in [2.05, 4.69) is 0 Å². The fourth-order valence-corrected chi connectivity index (χ4v) is 6.68. The van der Waals surface area contributed by atoms with E-state index in [9.17, 15) is 20.2 Å². The van der Waals surface area contributed by atoms with Gasteiger partial charge in [-0.05, 0) is 53.8 Å². The summed E-state index contributed by atoms with van der Waals surface area (Å²) in [6, 6.07) is 19.6. The van der Waals surface area contributed by atoms with Gasteiger partial charge in [0.25, 0.3) is 11.4 Å². The molecule has 2 saturated heterocycles. The summed E-state index contributed by atoms with van der Waals surface area (Å²) in [5.74, 6) is -1.57. The molecule has 0 unspecified atom stereocenters. The van der Waals surface area contributed by atoms with Gasteiger partial charge in [0.15, 0.2) is 11.6 Å². The maximum absolute atomic E-state index is 16.0. The molecule has 0 saturated carbocycles. The van der Waals surface area contributed by atoms with Crippen molar-refractivity contribution in [2.24, 2.45) is 0 Å². The van der Waals surface area contributed by atoms with Crippen molar-refractivity contribution >= 4 is 46.0 Å². The lowest BCUT2D eigenvalue weighted by Crippen LogP contribution is -2.39. The minimum atomic E-state index is -0.785. The zero-order valence-corrected chi connectivity index (χ0v) is 25.1. The van der Waals surface area contributed by atoms with E-state index in [-0.39, 0.29) is 58.6 Å². The number of hydrogen-bond acceptors (Lipinski definition) is 7. The topological polar surface area (TPSA) is 102 Å². The number of nitro benzene ring substituents is 2. The molecule has 2 heterocycles. The highest BCUT2D eigenvalue weighted by atomic mass is 35.5. The van der Waals surface area contributed by atoms with Crippen molar-refractivity contribution in [2.75, 3.05) is 29.5 Å². The lowest BCUT2D eigenvalue weighted by atomic mass is 10.0. The van der Waals surface area contributed by atoms with E-state index in [1.165, 1.54) is 36.4 Å². The van der Waals surface area contributed by atoms with Gasteiger partial charge < -0.3 is 14.5 Å². The Hall–Kier alpha value is -4.32. The molecule has 0 amide bonds. The summed E-state index contributed by atoms with van der Waals surface area (Å²) in [5.41, 5.74) is 1.34. The van der Waals surface area contributed by atoms with Gasteiger partial charge >= 0.3 is 0 Å². The number of benzene rings is 4. The normalized spacial score (nSPS) is 20.0. The van der Waals surface area contributed by atoms with Crippen LogP contribution in [-0.2, 0) is 4.74 Å². The Morgan fingerprint density at radius 1 is 0.756 bits per heavy atom. The highest BCUT2D eigenvalue weighted by Crippen LogP contribution is 2.49. The van der Waals surface area contributed by atoms with Gasteiger partial charge in [0, 0.05) is 30.9 Å². The van der Waals surface area contributed by atoms with E-state index in [1.54, 1.807) is 21.9 Å². The average Bonchev–Trinajstić information content (AvgIpc) is 3.47. The first-order chi connectivity index (χ1) is 21.6. The fraction of sp³-hybridized carbons (Fsp3) is 0.250. The molecule has 6 rings (SSSR count). The Kier molecular flexibility index (Phi) is 8.59. The van der Waals surface area contributed by atoms with Crippen molar-refractivity contribution in [3.63, 3.8) is 0 Å². The van der Waals surface area contributed by atoms with Crippen LogP contribution in [0.1, 0.15) is 47.7 Å². The van der Waals surface area contributed by atoms with Crippen molar-refractivity contribution in [1.29, 1.82) is 0 Å². The zero-order valence-electron chi connectivity index (χ0n) is 23.6. The van der Waals surface area contributed by atoms with E-state index in [0.717, 1.165) is 5.56 Å². The summed E-state index contributed by atoms with van der Waals surface area (Å²) in [6.07, 6.45) is 0.507. The molecule has 13 heteroatoms. The first kappa shape index (κ1) is 30.7. The summed E-state index contributed by atoms with van der Waals surface area (Å²) in [5, 5.41) is 23.3. The van der Waals surface area contributed by atoms with Crippen LogP contribution in [0.5, 0.6) is 0 Å². The van der Waals surface area contributed by atoms with Crippen LogP contribution in [0.25, 0.3) is 0 Å². The summed E-state index contributed by atoms with van der Waals surface area (Å²) in [4.78, 5) is 25.5. The molecular weight excluding hydrogens is 629 g/mol. The molecular formula is C32H26Cl2F2N4O5. The fourth-order valence-electron chi connectivity index (χ4n) is 6.30. The molecule has 4 aromatic carbocycles. The van der Waals surface area contributed by atoms with Crippen molar-refractivity contribution in [2.45, 2.75) is 31.0 Å². The van der Waals surface area contributed by atoms with Gasteiger partial charge in [0.05, 0.1) is 28.5 Å². The molecule has 0 bridgehead atoms. The molecule has 2 aliphatic rings. The second-order valence-electron chi connectivity index (χ2n) is 10.9. The van der Waals surface area contributed by atoms with Gasteiger partial charge in [0.1, 0.15) is 21.8 Å². The summed E-state index contributed by atoms with van der Waals surface area (Å²) >= 11 is 12.2. The number of nitrogens with zero attached hydrogens (tertiary/aromatic N) is 4. The van der Waals surface area contributed by atoms with Crippen LogP contribution in [0.2, 0.25) is 10.0 Å². The molecule has 0 aliphatic carbocycles. The van der Waals surface area contributed by atoms with E-state index in [0.29, 0.717) is 24.0 Å². The van der Waals surface area contributed by atoms with Crippen LogP contribution in [0.3, 0.4) is 0 Å². The standard InChI is InChI=1S/C32H26Cl2F2N4O5/c33-23-8-6-20(14-29(23)39(41)42)27-10-11-28(21-7-9-24(34)30(15-21)40(43)44)38(27)22-16-25(35)32(26(36)17-22)37-12-13-45-31(18-37)19-4-2-1-3-5-19/h1-9,14-17,27-28,31H,10-13,18H2/t27-,28-,31-/m1/s1. The second-order valence-corrected chi connectivity index (χ2v) is 11.7. The predicted molar refractivity (Wildman–Crippen MR) is 167 cm³/mol. The van der Waals surface area contributed by atoms with E-state index >= 15 is 8.78 Å². The number of nitro groups is 2. The lowest BCUT2D eigenvalue weighted by Gasteiger charge is -2.36. The molecule has 3 atom stereocenters. The van der Waals surface area contributed by atoms with Crippen molar-refractivity contribution in [3.8, 4) is 0 Å². The van der Waals surface area contributed by atoms with Gasteiger partial charge in [-0.3, -0.25) is 20.2 Å². The highest BCUT2D eigenvalue weighted by Gasteiger charge is 2.38. The van der Waals surface area contributed by atoms with Crippen molar-refractivity contribution < 1.29 is 23.4 Å². The van der Waals surface area contributed by atoms with Crippen molar-refractivity contribution in [1.82, 2.24) is 0 Å². The van der Waals surface area contributed by atoms with E-state index < -0.39 is 33.6 Å². The number of anilines is 2. The molecule has 2 aliphatic heterocycles. The van der Waals surface area contributed by atoms with Gasteiger partial charge in [-0.25, -0.2) is 8.78 Å². The van der Waals surface area contributed by atoms with Crippen LogP contribution in [0.15, 0.2) is 78.9 Å². The van der Waals surface area contributed by atoms with Crippen LogP contribution in [0, 0.1) is 31.9 Å². The first-order valence-corrected chi connectivity index (χ1v) is 14.9. The summed E-state index contributed by atoms with van der Waals surface area (Å²) in [6.45, 7) is 0.810. The van der Waals surface area contributed by atoms with Crippen LogP contribution in [0.4, 0.5) is 31.5 Å². The molecule has 0 N–H and O–H groups in total. The highest BCUT2D eigenvalue weighted by molar-refractivity contribution is 6.33. The van der Waals surface area contributed by atoms with E-state index in [1.807, 2.05) is 30.3 Å². The zero-order chi connectivity index (χ0) is 31.8. The maximum atomic E-state index is 16.0. The predicted octanol–water partition coefficient (Wildman–Crippen LogP) is 8.75. The Bertz CT molecular complexity index is 1690. The monoisotopic (exact) mass is 654 g/mol. The van der Waals surface area contributed by atoms with Crippen molar-refractivity contribution in [3.05, 3.63) is 137 Å². The van der Waals surface area contributed by atoms with Crippen LogP contribution < -0.4 is 9.80 Å². The minimum absolute atomic E-state index is 0.0427. The number of morpholine rings is 1. The largest absolute Gasteiger partial charge is 0.370 e. The molecule has 9 nitrogen and oxygen atoms in total. The van der Waals surface area contributed by atoms with Gasteiger partial charge in [0.2, 0.25) is 0 Å². The molecule has 0 radical (unpaired) electrons. The quantitative estimate of drug-likeness (QED) is 0.145. The Morgan fingerprint density at radius 2 is 1.29 bits per heavy atom. The lowest BCUT2D eigenvalue weighted by molar-refractivity contribution is -0.384. The SMILES string of the molecule is O=[N+]([O-])c1cc([C@H]2CC[C@H](c3ccc(Cl)c([N+](=O)[O-])c3)N2c2cc(F)c(N3CCO[C@@H](c4ccccc4)C3)c(F)c2)ccc1Cl. The van der Waals surface area contributed by atoms with Gasteiger partial charge in [-0.1, -0.05) is 65.7 Å². The number of rotatable bonds is 7. The summed E-state index contributed by atoms with van der Waals surface area (Å²) in [7, 11) is 0. The Morgan fingerprint density at radius 3 is 1.80 bits per heavy atom. The molecule has 0 spiro atoms. The first-order valence-electron chi connectivity index (χ1n) is 14.2. The maximum Gasteiger partial charge on any atom is 0.288 e. The number of ether oxygens (including phenoxy) is 1. The van der Waals surface area contributed by atoms with Crippen LogP contribution in [-0.4, -0.2) is 29.5 Å². The van der Waals surface area contributed by atoms with Gasteiger partial charge in [-0.2, -0.15) is 0 Å². The molecule has 4 aromatic rings. The van der Waals surface area contributed by atoms with Gasteiger partial charge in [-0.15, -0.1) is 0 Å². The smallest absolute Gasteiger partial charge is 0.288 e. The summed E-state index contributed by atoms with van der Waals surface area (Å²) < 4.78 is 37.9. The third-order valence-corrected chi connectivity index (χ3v) is 8.98. The third-order valence-electron chi connectivity index (χ3n) is 8.34. The third kappa shape index (κ3) is 6.03. The molecule has 0 aromatic heterocycles. The second kappa shape index (κ2) is 12.6. The van der Waals surface area contributed by atoms with Crippen LogP contribution >= 0.6 is 23.2 Å².